The molecule has 11 rings (SSSR count). The van der Waals surface area contributed by atoms with Gasteiger partial charge in [-0.3, -0.25) is 0 Å². The fourth-order valence-electron chi connectivity index (χ4n) is 7.17. The Labute approximate surface area is 327 Å². The first kappa shape index (κ1) is 22.9. The van der Waals surface area contributed by atoms with Crippen LogP contribution in [0.3, 0.4) is 0 Å². The van der Waals surface area contributed by atoms with Crippen LogP contribution in [-0.4, -0.2) is 15.0 Å². The number of thiophene rings is 1. The van der Waals surface area contributed by atoms with Gasteiger partial charge >= 0.3 is 0 Å². The van der Waals surface area contributed by atoms with Crippen LogP contribution in [0.25, 0.3) is 109 Å². The average Bonchev–Trinajstić information content (AvgIpc) is 3.90. The van der Waals surface area contributed by atoms with E-state index in [0.717, 1.165) is 44.4 Å². The normalized spacial score (nSPS) is 14.0. The van der Waals surface area contributed by atoms with Crippen LogP contribution >= 0.6 is 11.3 Å². The van der Waals surface area contributed by atoms with Crippen molar-refractivity contribution in [2.24, 2.45) is 0 Å². The first-order chi connectivity index (χ1) is 30.5. The van der Waals surface area contributed by atoms with E-state index in [-0.39, 0.29) is 78.2 Å². The summed E-state index contributed by atoms with van der Waals surface area (Å²) in [5.74, 6) is 0.468. The molecule has 0 saturated carbocycles. The van der Waals surface area contributed by atoms with Crippen LogP contribution in [0.15, 0.2) is 180 Å². The van der Waals surface area contributed by atoms with Crippen LogP contribution in [0, 0.1) is 0 Å². The molecule has 54 heavy (non-hydrogen) atoms. The monoisotopic (exact) mass is 716 g/mol. The smallest absolute Gasteiger partial charge is 0.164 e. The van der Waals surface area contributed by atoms with E-state index in [4.69, 9.17) is 29.0 Å². The van der Waals surface area contributed by atoms with Gasteiger partial charge < -0.3 is 4.42 Å². The molecule has 0 aliphatic carbocycles. The number of benzene rings is 8. The van der Waals surface area contributed by atoms with Crippen molar-refractivity contribution in [3.63, 3.8) is 0 Å². The average molecular weight is 717 g/mol. The highest BCUT2D eigenvalue weighted by Gasteiger charge is 2.20. The molecule has 0 aliphatic rings. The van der Waals surface area contributed by atoms with Gasteiger partial charge in [-0.05, 0) is 63.3 Å². The number of aromatic nitrogens is 3. The minimum Gasteiger partial charge on any atom is -0.456 e. The van der Waals surface area contributed by atoms with Crippen LogP contribution < -0.4 is 0 Å². The van der Waals surface area contributed by atoms with E-state index >= 15 is 0 Å². The van der Waals surface area contributed by atoms with Crippen molar-refractivity contribution in [3.05, 3.63) is 176 Å². The topological polar surface area (TPSA) is 51.8 Å². The fourth-order valence-corrected chi connectivity index (χ4v) is 8.30. The zero-order chi connectivity index (χ0) is 43.4. The van der Waals surface area contributed by atoms with E-state index in [9.17, 15) is 2.74 Å². The summed E-state index contributed by atoms with van der Waals surface area (Å²) < 4.78 is 87.0. The van der Waals surface area contributed by atoms with Gasteiger partial charge in [0, 0.05) is 47.6 Å². The highest BCUT2D eigenvalue weighted by Crippen LogP contribution is 2.43. The first-order valence-electron chi connectivity index (χ1n) is 21.8. The van der Waals surface area contributed by atoms with Crippen molar-refractivity contribution in [3.8, 4) is 56.4 Å². The number of nitrogens with zero attached hydrogens (tertiary/aromatic N) is 3. The number of fused-ring (bicyclic) bond motifs is 8. The lowest BCUT2D eigenvalue weighted by molar-refractivity contribution is 0.669. The summed E-state index contributed by atoms with van der Waals surface area (Å²) >= 11 is 0.988. The number of hydrogen-bond acceptors (Lipinski definition) is 5. The minimum absolute atomic E-state index is 0.0135. The summed E-state index contributed by atoms with van der Waals surface area (Å²) in [4.78, 5) is 15.0. The van der Waals surface area contributed by atoms with Gasteiger partial charge in [0.2, 0.25) is 0 Å². The summed E-state index contributed by atoms with van der Waals surface area (Å²) in [7, 11) is 0. The quantitative estimate of drug-likeness (QED) is 0.178. The zero-order valence-electron chi connectivity index (χ0n) is 37.2. The minimum atomic E-state index is -0.524. The maximum Gasteiger partial charge on any atom is 0.164 e. The molecule has 0 unspecified atom stereocenters. The van der Waals surface area contributed by atoms with Crippen molar-refractivity contribution in [2.75, 3.05) is 0 Å². The third-order valence-corrected chi connectivity index (χ3v) is 10.8. The molecule has 3 aromatic heterocycles. The van der Waals surface area contributed by atoms with Crippen LogP contribution in [0.5, 0.6) is 0 Å². The molecular weight excluding hydrogens is 679 g/mol. The molecule has 0 saturated heterocycles. The van der Waals surface area contributed by atoms with E-state index in [1.54, 1.807) is 0 Å². The Morgan fingerprint density at radius 2 is 1.17 bits per heavy atom. The van der Waals surface area contributed by atoms with Gasteiger partial charge in [0.05, 0.1) is 12.3 Å². The second-order valence-corrected chi connectivity index (χ2v) is 13.9. The van der Waals surface area contributed by atoms with Gasteiger partial charge in [-0.1, -0.05) is 145 Å². The Balaban J connectivity index is 1.21. The van der Waals surface area contributed by atoms with E-state index < -0.39 is 30.2 Å². The summed E-state index contributed by atoms with van der Waals surface area (Å²) in [6, 6.07) is 35.6. The van der Waals surface area contributed by atoms with Crippen LogP contribution in [-0.2, 0) is 0 Å². The molecule has 0 atom stereocenters. The summed E-state index contributed by atoms with van der Waals surface area (Å²) in [5, 5.41) is 2.06. The van der Waals surface area contributed by atoms with E-state index in [2.05, 4.69) is 18.2 Å². The highest BCUT2D eigenvalue weighted by atomic mass is 32.1. The lowest BCUT2D eigenvalue weighted by Gasteiger charge is -2.11. The zero-order valence-corrected chi connectivity index (χ0v) is 29.0. The predicted octanol–water partition coefficient (Wildman–Crippen LogP) is 13.6. The van der Waals surface area contributed by atoms with Crippen molar-refractivity contribution in [2.45, 2.75) is 0 Å². The summed E-state index contributed by atoms with van der Waals surface area (Å²) in [6.45, 7) is 0. The van der Waals surface area contributed by atoms with Crippen molar-refractivity contribution in [1.29, 1.82) is 0 Å². The highest BCUT2D eigenvalue weighted by molar-refractivity contribution is 7.26. The van der Waals surface area contributed by atoms with Crippen LogP contribution in [0.1, 0.15) is 12.3 Å². The lowest BCUT2D eigenvalue weighted by atomic mass is 9.99. The number of rotatable bonds is 5. The molecule has 11 aromatic rings. The number of furan rings is 1. The second kappa shape index (κ2) is 12.3. The van der Waals surface area contributed by atoms with Crippen LogP contribution in [0.4, 0.5) is 0 Å². The molecule has 0 bridgehead atoms. The number of hydrogen-bond donors (Lipinski definition) is 0. The third-order valence-electron chi connectivity index (χ3n) is 9.68. The third kappa shape index (κ3) is 5.01. The molecule has 0 aliphatic heterocycles. The molecule has 0 amide bonds. The molecule has 5 heteroatoms. The second-order valence-electron chi connectivity index (χ2n) is 12.9. The van der Waals surface area contributed by atoms with E-state index in [1.807, 2.05) is 103 Å². The lowest BCUT2D eigenvalue weighted by Crippen LogP contribution is -2.00. The van der Waals surface area contributed by atoms with Gasteiger partial charge in [-0.15, -0.1) is 11.3 Å². The van der Waals surface area contributed by atoms with Gasteiger partial charge in [-0.2, -0.15) is 0 Å². The maximum atomic E-state index is 9.40. The van der Waals surface area contributed by atoms with Gasteiger partial charge in [0.1, 0.15) is 11.2 Å². The largest absolute Gasteiger partial charge is 0.456 e. The standard InChI is InChI=1S/C49H29N3OS/c1-3-12-30(13-4-1)33-17-9-18-34(28-33)47-50-48(35-25-26-38-42(29-35)53-41-22-10-20-36(44(38)41)31-14-5-2-6-15-31)52-49(51-47)40-21-11-23-43-45(40)39-27-24-32-16-7-8-19-37(32)46(39)54-43/h1-29H/i7D,8D,11D,16D,19D,21D,23D,24D,27D. The molecule has 3 heterocycles. The van der Waals surface area contributed by atoms with E-state index in [0.29, 0.717) is 22.3 Å². The van der Waals surface area contributed by atoms with Gasteiger partial charge in [0.25, 0.3) is 0 Å². The Bertz CT molecular complexity index is 3740. The Hall–Kier alpha value is -6.95. The molecule has 0 spiro atoms. The van der Waals surface area contributed by atoms with Gasteiger partial charge in [-0.25, -0.2) is 15.0 Å². The predicted molar refractivity (Wildman–Crippen MR) is 225 cm³/mol. The molecule has 4 nitrogen and oxygen atoms in total. The Morgan fingerprint density at radius 1 is 0.444 bits per heavy atom. The Kier molecular flexibility index (Phi) is 5.22. The summed E-state index contributed by atoms with van der Waals surface area (Å²) in [6.07, 6.45) is 0. The van der Waals surface area contributed by atoms with Crippen molar-refractivity contribution >= 4 is 64.2 Å². The van der Waals surface area contributed by atoms with Crippen molar-refractivity contribution in [1.82, 2.24) is 15.0 Å². The summed E-state index contributed by atoms with van der Waals surface area (Å²) in [5.41, 5.74) is 6.50. The first-order valence-corrected chi connectivity index (χ1v) is 18.1. The molecule has 0 fully saturated rings. The van der Waals surface area contributed by atoms with Gasteiger partial charge in [0.15, 0.2) is 17.5 Å². The molecule has 8 aromatic carbocycles. The molecule has 0 N–H and O–H groups in total. The van der Waals surface area contributed by atoms with Crippen molar-refractivity contribution < 1.29 is 16.8 Å². The SMILES string of the molecule is [2H]c1c([2H])c(-c2nc(-c3cccc(-c4ccccc4)c3)nc(-c3ccc4c(c3)oc3cccc(-c5ccccc5)c34)n2)c2c(sc3c4c([2H])c([2H])c([2H])c([2H])c4c([2H])c([2H])c32)c1[2H]. The molecule has 0 radical (unpaired) electrons. The Morgan fingerprint density at radius 3 is 2.02 bits per heavy atom. The van der Waals surface area contributed by atoms with Crippen LogP contribution in [0.2, 0.25) is 0 Å². The fraction of sp³-hybridized carbons (Fsp3) is 0. The van der Waals surface area contributed by atoms with E-state index in [1.165, 1.54) is 0 Å². The maximum absolute atomic E-state index is 9.40. The molecule has 252 valence electrons. The molecular formula is C49H29N3OS.